The van der Waals surface area contributed by atoms with Gasteiger partial charge in [0.1, 0.15) is 0 Å². The SMILES string of the molecule is C[Si]1(C)c2cc[se]c2-c2[se]c(C=C3C(=O)c4cc5ccccc5cc4C3=O)cc21. The van der Waals surface area contributed by atoms with Gasteiger partial charge in [0.05, 0.1) is 0 Å². The number of allylic oxidation sites excluding steroid dienone is 1. The summed E-state index contributed by atoms with van der Waals surface area (Å²) in [7, 11) is -1.60. The monoisotopic (exact) mass is 524 g/mol. The average molecular weight is 522 g/mol. The van der Waals surface area contributed by atoms with Crippen molar-refractivity contribution in [3.05, 3.63) is 74.6 Å². The minimum atomic E-state index is -1.60. The van der Waals surface area contributed by atoms with Gasteiger partial charge >= 0.3 is 182 Å². The second-order valence-electron chi connectivity index (χ2n) is 8.14. The van der Waals surface area contributed by atoms with E-state index in [4.69, 9.17) is 0 Å². The van der Waals surface area contributed by atoms with Gasteiger partial charge in [-0.2, -0.15) is 0 Å². The third-order valence-electron chi connectivity index (χ3n) is 6.12. The Morgan fingerprint density at radius 2 is 1.48 bits per heavy atom. The molecule has 0 N–H and O–H groups in total. The standard InChI is InChI=1S/C24H16O2Se2Si/c1-29(2)19-7-8-27-23(19)24-20(29)12-15(28-24)11-18-21(25)16-9-13-5-3-4-6-14(13)10-17(16)22(18)26/h3-12H,1-2H3. The first-order valence-corrected chi connectivity index (χ1v) is 16.1. The average Bonchev–Trinajstić information content (AvgIpc) is 3.44. The Bertz CT molecular complexity index is 1360. The van der Waals surface area contributed by atoms with Crippen molar-refractivity contribution < 1.29 is 9.59 Å². The van der Waals surface area contributed by atoms with Crippen LogP contribution in [0.5, 0.6) is 0 Å². The Labute approximate surface area is 181 Å². The first-order valence-electron chi connectivity index (χ1n) is 9.52. The number of Topliss-reactive ketones (excluding diaryl/α,β-unsaturated/α-hetero) is 2. The summed E-state index contributed by atoms with van der Waals surface area (Å²) in [5.41, 5.74) is 1.44. The Hall–Kier alpha value is -2.00. The molecule has 0 atom stereocenters. The number of hydrogen-bond donors (Lipinski definition) is 0. The van der Waals surface area contributed by atoms with Crippen LogP contribution >= 0.6 is 0 Å². The first kappa shape index (κ1) is 17.8. The summed E-state index contributed by atoms with van der Waals surface area (Å²) in [5, 5.41) is 5.14. The molecule has 5 heteroatoms. The molecule has 29 heavy (non-hydrogen) atoms. The van der Waals surface area contributed by atoms with Crippen LogP contribution in [0.4, 0.5) is 0 Å². The summed E-state index contributed by atoms with van der Waals surface area (Å²) in [6.07, 6.45) is 1.90. The molecular formula is C24H16O2Se2Si. The summed E-state index contributed by atoms with van der Waals surface area (Å²) in [4.78, 5) is 28.5. The van der Waals surface area contributed by atoms with Gasteiger partial charge in [-0.3, -0.25) is 0 Å². The Kier molecular flexibility index (Phi) is 3.69. The molecule has 2 aromatic carbocycles. The molecule has 0 spiro atoms. The molecule has 3 heterocycles. The van der Waals surface area contributed by atoms with Gasteiger partial charge in [0.15, 0.2) is 0 Å². The molecule has 2 nitrogen and oxygen atoms in total. The zero-order chi connectivity index (χ0) is 19.9. The Balaban J connectivity index is 1.47. The molecule has 6 rings (SSSR count). The summed E-state index contributed by atoms with van der Waals surface area (Å²) >= 11 is 0.641. The van der Waals surface area contributed by atoms with E-state index >= 15 is 0 Å². The van der Waals surface area contributed by atoms with E-state index in [-0.39, 0.29) is 26.1 Å². The predicted octanol–water partition coefficient (Wildman–Crippen LogP) is 3.22. The maximum absolute atomic E-state index is 13.1. The quantitative estimate of drug-likeness (QED) is 0.219. The molecule has 140 valence electrons. The summed E-state index contributed by atoms with van der Waals surface area (Å²) in [6.45, 7) is 4.85. The van der Waals surface area contributed by atoms with E-state index in [9.17, 15) is 9.59 Å². The van der Waals surface area contributed by atoms with Crippen molar-refractivity contribution in [2.45, 2.75) is 13.1 Å². The third kappa shape index (κ3) is 2.40. The van der Waals surface area contributed by atoms with Crippen LogP contribution in [-0.4, -0.2) is 48.6 Å². The summed E-state index contributed by atoms with van der Waals surface area (Å²) < 4.78 is 4.31. The van der Waals surface area contributed by atoms with E-state index in [0.29, 0.717) is 31.2 Å². The Morgan fingerprint density at radius 1 is 0.828 bits per heavy atom. The fourth-order valence-electron chi connectivity index (χ4n) is 4.52. The van der Waals surface area contributed by atoms with Crippen molar-refractivity contribution in [2.75, 3.05) is 0 Å². The molecular weight excluding hydrogens is 506 g/mol. The number of rotatable bonds is 1. The van der Waals surface area contributed by atoms with Gasteiger partial charge in [-0.25, -0.2) is 0 Å². The van der Waals surface area contributed by atoms with Gasteiger partial charge in [0, 0.05) is 0 Å². The maximum atomic E-state index is 13.1. The number of hydrogen-bond acceptors (Lipinski definition) is 2. The van der Waals surface area contributed by atoms with Crippen molar-refractivity contribution in [1.29, 1.82) is 0 Å². The topological polar surface area (TPSA) is 34.1 Å². The van der Waals surface area contributed by atoms with Crippen LogP contribution in [0.15, 0.2) is 59.0 Å². The second-order valence-corrected chi connectivity index (χ2v) is 16.7. The molecule has 0 fully saturated rings. The van der Waals surface area contributed by atoms with Crippen LogP contribution in [0.3, 0.4) is 0 Å². The van der Waals surface area contributed by atoms with E-state index in [1.807, 2.05) is 42.5 Å². The van der Waals surface area contributed by atoms with Crippen LogP contribution in [0.25, 0.3) is 25.7 Å². The van der Waals surface area contributed by atoms with Crippen LogP contribution in [0, 0.1) is 0 Å². The number of fused-ring (bicyclic) bond motifs is 5. The Morgan fingerprint density at radius 3 is 2.14 bits per heavy atom. The molecule has 4 aromatic rings. The zero-order valence-corrected chi connectivity index (χ0v) is 20.3. The summed E-state index contributed by atoms with van der Waals surface area (Å²) in [6, 6.07) is 16.3. The van der Waals surface area contributed by atoms with E-state index in [1.165, 1.54) is 9.62 Å². The van der Waals surface area contributed by atoms with Crippen molar-refractivity contribution >= 4 is 75.9 Å². The molecule has 2 aliphatic rings. The number of carbonyl (C=O) groups excluding carboxylic acids is 2. The van der Waals surface area contributed by atoms with Crippen LogP contribution in [0.2, 0.25) is 13.1 Å². The van der Waals surface area contributed by atoms with E-state index in [2.05, 4.69) is 30.2 Å². The minimum absolute atomic E-state index is 0.123. The van der Waals surface area contributed by atoms with Gasteiger partial charge in [-0.1, -0.05) is 0 Å². The van der Waals surface area contributed by atoms with Crippen LogP contribution in [-0.2, 0) is 0 Å². The predicted molar refractivity (Wildman–Crippen MR) is 123 cm³/mol. The number of carbonyl (C=O) groups is 2. The van der Waals surface area contributed by atoms with Crippen molar-refractivity contribution in [2.24, 2.45) is 0 Å². The molecule has 0 amide bonds. The molecule has 1 aliphatic heterocycles. The molecule has 0 bridgehead atoms. The van der Waals surface area contributed by atoms with Gasteiger partial charge in [0.2, 0.25) is 0 Å². The van der Waals surface area contributed by atoms with Crippen molar-refractivity contribution in [1.82, 2.24) is 0 Å². The van der Waals surface area contributed by atoms with Gasteiger partial charge < -0.3 is 0 Å². The molecule has 0 radical (unpaired) electrons. The normalized spacial score (nSPS) is 16.3. The first-order chi connectivity index (χ1) is 13.9. The van der Waals surface area contributed by atoms with Crippen LogP contribution in [0.1, 0.15) is 25.2 Å². The molecule has 0 unspecified atom stereocenters. The van der Waals surface area contributed by atoms with Gasteiger partial charge in [-0.05, 0) is 0 Å². The van der Waals surface area contributed by atoms with Gasteiger partial charge in [0.25, 0.3) is 0 Å². The zero-order valence-electron chi connectivity index (χ0n) is 15.9. The molecule has 2 aromatic heterocycles. The fourth-order valence-corrected chi connectivity index (χ4v) is 16.5. The van der Waals surface area contributed by atoms with E-state index < -0.39 is 8.07 Å². The van der Waals surface area contributed by atoms with E-state index in [1.54, 1.807) is 14.1 Å². The third-order valence-corrected chi connectivity index (χ3v) is 15.4. The molecule has 0 saturated carbocycles. The summed E-state index contributed by atoms with van der Waals surface area (Å²) in [5.74, 6) is -0.245. The fraction of sp³-hybridized carbons (Fsp3) is 0.0833. The molecule has 1 aliphatic carbocycles. The number of benzene rings is 2. The van der Waals surface area contributed by atoms with Crippen molar-refractivity contribution in [3.63, 3.8) is 0 Å². The van der Waals surface area contributed by atoms with Gasteiger partial charge in [-0.15, -0.1) is 0 Å². The van der Waals surface area contributed by atoms with E-state index in [0.717, 1.165) is 10.8 Å². The van der Waals surface area contributed by atoms with Crippen molar-refractivity contribution in [3.8, 4) is 8.87 Å². The molecule has 0 saturated heterocycles. The second kappa shape index (κ2) is 6.01. The van der Waals surface area contributed by atoms with Crippen LogP contribution < -0.4 is 10.4 Å². The number of ketones is 2.